The molecule has 0 saturated carbocycles. The molecule has 0 fully saturated rings. The molecule has 0 radical (unpaired) electrons. The van der Waals surface area contributed by atoms with Gasteiger partial charge in [-0.15, -0.1) is 0 Å². The second-order valence-corrected chi connectivity index (χ2v) is 12.4. The van der Waals surface area contributed by atoms with Gasteiger partial charge in [0.15, 0.2) is 17.2 Å². The van der Waals surface area contributed by atoms with Crippen LogP contribution in [0.25, 0.3) is 10.9 Å². The number of aliphatic hydroxyl groups is 2. The smallest absolute Gasteiger partial charge is 0.422 e. The van der Waals surface area contributed by atoms with Crippen LogP contribution in [0.4, 0.5) is 36.4 Å². The van der Waals surface area contributed by atoms with Crippen LogP contribution < -0.4 is 4.74 Å². The van der Waals surface area contributed by atoms with Gasteiger partial charge in [-0.1, -0.05) is 56.3 Å². The van der Waals surface area contributed by atoms with E-state index in [1.807, 2.05) is 0 Å². The van der Waals surface area contributed by atoms with Crippen molar-refractivity contribution in [1.82, 2.24) is 4.98 Å². The Kier molecular flexibility index (Phi) is 11.3. The Morgan fingerprint density at radius 2 is 1.64 bits per heavy atom. The Labute approximate surface area is 283 Å². The number of aromatic nitrogens is 1. The first-order chi connectivity index (χ1) is 23.3. The van der Waals surface area contributed by atoms with Crippen LogP contribution >= 0.6 is 0 Å². The molecule has 2 N–H and O–H groups in total. The highest BCUT2D eigenvalue weighted by molar-refractivity contribution is 5.96. The molecule has 1 heterocycles. The van der Waals surface area contributed by atoms with Crippen molar-refractivity contribution in [3.05, 3.63) is 101 Å². The summed E-state index contributed by atoms with van der Waals surface area (Å²) in [5, 5.41) is 20.6. The van der Waals surface area contributed by atoms with Gasteiger partial charge in [0.25, 0.3) is 0 Å². The number of para-hydroxylation sites is 1. The lowest BCUT2D eigenvalue weighted by Gasteiger charge is -2.36. The maximum absolute atomic E-state index is 14.2. The first-order valence-corrected chi connectivity index (χ1v) is 15.3. The van der Waals surface area contributed by atoms with Crippen LogP contribution in [0.15, 0.2) is 77.8 Å². The largest absolute Gasteiger partial charge is 0.493 e. The molecule has 1 aliphatic rings. The lowest BCUT2D eigenvalue weighted by atomic mass is 9.74. The van der Waals surface area contributed by atoms with Gasteiger partial charge >= 0.3 is 18.3 Å². The van der Waals surface area contributed by atoms with Crippen molar-refractivity contribution in [2.75, 3.05) is 14.2 Å². The molecule has 0 aliphatic heterocycles. The fraction of sp³-hybridized carbons (Fsp3) is 0.361. The molecule has 0 spiro atoms. The van der Waals surface area contributed by atoms with Crippen molar-refractivity contribution < 1.29 is 55.2 Å². The number of aliphatic imine (C=N–C) groups is 1. The minimum absolute atomic E-state index is 0.0266. The van der Waals surface area contributed by atoms with Crippen LogP contribution in [0, 0.1) is 5.82 Å². The molecule has 7 nitrogen and oxygen atoms in total. The average Bonchev–Trinajstić information content (AvgIpc) is 3.05. The topological polar surface area (TPSA) is 101 Å². The van der Waals surface area contributed by atoms with E-state index in [0.29, 0.717) is 29.1 Å². The quantitative estimate of drug-likeness (QED) is 0.114. The first kappa shape index (κ1) is 38.2. The fourth-order valence-electron chi connectivity index (χ4n) is 6.02. The second-order valence-electron chi connectivity index (χ2n) is 12.4. The number of methoxy groups -OCH3 is 2. The van der Waals surface area contributed by atoms with Crippen molar-refractivity contribution in [2.24, 2.45) is 4.99 Å². The Bertz CT molecular complexity index is 1860. The van der Waals surface area contributed by atoms with E-state index in [-0.39, 0.29) is 34.7 Å². The van der Waals surface area contributed by atoms with E-state index in [4.69, 9.17) is 4.74 Å². The van der Waals surface area contributed by atoms with Crippen LogP contribution in [0.2, 0.25) is 0 Å². The van der Waals surface area contributed by atoms with Crippen LogP contribution in [-0.4, -0.2) is 65.7 Å². The summed E-state index contributed by atoms with van der Waals surface area (Å²) in [7, 11) is 2.42. The van der Waals surface area contributed by atoms with E-state index in [0.717, 1.165) is 6.07 Å². The molecule has 1 aliphatic carbocycles. The van der Waals surface area contributed by atoms with Crippen LogP contribution in [0.1, 0.15) is 59.8 Å². The zero-order valence-electron chi connectivity index (χ0n) is 27.4. The summed E-state index contributed by atoms with van der Waals surface area (Å²) in [6.45, 7) is 2.90. The van der Waals surface area contributed by atoms with Crippen LogP contribution in [0.3, 0.4) is 0 Å². The molecule has 5 rings (SSSR count). The Morgan fingerprint density at radius 3 is 2.28 bits per heavy atom. The second kappa shape index (κ2) is 14.7. The Hall–Kier alpha value is -4.56. The minimum Gasteiger partial charge on any atom is -0.493 e. The SMILES string of the molecule is COC(=O)c1ccc2c(N=CC(O)(CC(C)(C)c3cccc(F)c3OC)C(F)(F)F)cccc2n1.OC1CCc2ccccc2C1C(F)(F)F. The van der Waals surface area contributed by atoms with E-state index in [1.165, 1.54) is 70.5 Å². The van der Waals surface area contributed by atoms with E-state index in [1.54, 1.807) is 24.3 Å². The molecule has 4 aromatic rings. The van der Waals surface area contributed by atoms with Crippen molar-refractivity contribution in [1.29, 1.82) is 0 Å². The standard InChI is InChI=1S/C25H24F4N2O4.C11H11F3O/c1-23(2,16-7-5-8-17(26)21(16)34-3)13-24(33,25(27,28)29)14-30-18-9-6-10-19-15(18)11-12-20(31-19)22(32)35-4;12-11(13,14)10-8-4-2-1-3-7(8)5-6-9(10)15/h5-12,14,33H,13H2,1-4H3;1-4,9-10,15H,5-6H2. The zero-order chi connectivity index (χ0) is 37.1. The summed E-state index contributed by atoms with van der Waals surface area (Å²) in [5.41, 5.74) is -3.18. The molecule has 0 saturated heterocycles. The lowest BCUT2D eigenvalue weighted by molar-refractivity contribution is -0.234. The van der Waals surface area contributed by atoms with Crippen molar-refractivity contribution in [3.8, 4) is 5.75 Å². The third kappa shape index (κ3) is 8.24. The molecule has 0 bridgehead atoms. The van der Waals surface area contributed by atoms with Gasteiger partial charge in [0, 0.05) is 17.2 Å². The van der Waals surface area contributed by atoms with Crippen LogP contribution in [-0.2, 0) is 16.6 Å². The fourth-order valence-corrected chi connectivity index (χ4v) is 6.02. The number of aliphatic hydroxyl groups excluding tert-OH is 1. The number of benzene rings is 3. The maximum Gasteiger partial charge on any atom is 0.422 e. The van der Waals surface area contributed by atoms with Gasteiger partial charge in [-0.2, -0.15) is 26.3 Å². The summed E-state index contributed by atoms with van der Waals surface area (Å²) in [4.78, 5) is 19.8. The van der Waals surface area contributed by atoms with Gasteiger partial charge in [-0.3, -0.25) is 4.99 Å². The number of ether oxygens (including phenoxy) is 2. The molecule has 268 valence electrons. The van der Waals surface area contributed by atoms with Gasteiger partial charge in [-0.25, -0.2) is 14.2 Å². The third-order valence-electron chi connectivity index (χ3n) is 8.46. The predicted molar refractivity (Wildman–Crippen MR) is 172 cm³/mol. The number of esters is 1. The van der Waals surface area contributed by atoms with Gasteiger partial charge in [0.2, 0.25) is 0 Å². The van der Waals surface area contributed by atoms with Crippen LogP contribution in [0.5, 0.6) is 5.75 Å². The maximum atomic E-state index is 14.2. The van der Waals surface area contributed by atoms with Crippen molar-refractivity contribution in [3.63, 3.8) is 0 Å². The number of alkyl halides is 6. The molecule has 0 amide bonds. The number of nitrogens with zero attached hydrogens (tertiary/aromatic N) is 2. The lowest BCUT2D eigenvalue weighted by Crippen LogP contribution is -2.50. The van der Waals surface area contributed by atoms with Crippen molar-refractivity contribution in [2.45, 2.75) is 68.5 Å². The van der Waals surface area contributed by atoms with E-state index in [2.05, 4.69) is 14.7 Å². The average molecular weight is 709 g/mol. The number of carbonyl (C=O) groups is 1. The molecule has 50 heavy (non-hydrogen) atoms. The summed E-state index contributed by atoms with van der Waals surface area (Å²) < 4.78 is 104. The molecule has 3 unspecified atom stereocenters. The van der Waals surface area contributed by atoms with Gasteiger partial charge in [-0.05, 0) is 66.1 Å². The molecular formula is C36H35F7N2O5. The number of aryl methyl sites for hydroxylation is 1. The zero-order valence-corrected chi connectivity index (χ0v) is 27.4. The predicted octanol–water partition coefficient (Wildman–Crippen LogP) is 8.17. The highest BCUT2D eigenvalue weighted by Crippen LogP contribution is 2.45. The molecular weight excluding hydrogens is 673 g/mol. The summed E-state index contributed by atoms with van der Waals surface area (Å²) in [6.07, 6.45) is -10.5. The van der Waals surface area contributed by atoms with Gasteiger partial charge < -0.3 is 19.7 Å². The Morgan fingerprint density at radius 1 is 0.960 bits per heavy atom. The number of hydrogen-bond donors (Lipinski definition) is 2. The normalized spacial score (nSPS) is 17.8. The first-order valence-electron chi connectivity index (χ1n) is 15.3. The number of hydrogen-bond acceptors (Lipinski definition) is 7. The molecule has 3 aromatic carbocycles. The number of carbonyl (C=O) groups excluding carboxylic acids is 1. The van der Waals surface area contributed by atoms with E-state index in [9.17, 15) is 45.7 Å². The third-order valence-corrected chi connectivity index (χ3v) is 8.46. The highest BCUT2D eigenvalue weighted by Gasteiger charge is 2.55. The summed E-state index contributed by atoms with van der Waals surface area (Å²) in [5.74, 6) is -3.30. The molecule has 3 atom stereocenters. The summed E-state index contributed by atoms with van der Waals surface area (Å²) >= 11 is 0. The number of rotatable bonds is 7. The monoisotopic (exact) mass is 708 g/mol. The van der Waals surface area contributed by atoms with Gasteiger partial charge in [0.1, 0.15) is 11.6 Å². The van der Waals surface area contributed by atoms with E-state index >= 15 is 0 Å². The number of fused-ring (bicyclic) bond motifs is 2. The molecule has 14 heteroatoms. The van der Waals surface area contributed by atoms with Crippen molar-refractivity contribution >= 4 is 28.8 Å². The number of pyridine rings is 1. The minimum atomic E-state index is -5.09. The van der Waals surface area contributed by atoms with E-state index < -0.39 is 53.6 Å². The summed E-state index contributed by atoms with van der Waals surface area (Å²) in [6, 6.07) is 17.8. The molecule has 1 aromatic heterocycles. The Balaban J connectivity index is 0.000000310. The number of halogens is 7. The highest BCUT2D eigenvalue weighted by atomic mass is 19.4. The van der Waals surface area contributed by atoms with Gasteiger partial charge in [0.05, 0.1) is 31.5 Å².